The van der Waals surface area contributed by atoms with Crippen LogP contribution >= 0.6 is 0 Å². The molecule has 3 heterocycles. The quantitative estimate of drug-likeness (QED) is 0.414. The second-order valence-corrected chi connectivity index (χ2v) is 9.65. The molecule has 2 aromatic heterocycles. The maximum Gasteiger partial charge on any atom is 0.167 e. The van der Waals surface area contributed by atoms with E-state index in [1.807, 2.05) is 26.8 Å². The molecule has 2 N–H and O–H groups in total. The third kappa shape index (κ3) is 4.80. The van der Waals surface area contributed by atoms with E-state index in [4.69, 9.17) is 10.5 Å². The van der Waals surface area contributed by atoms with Gasteiger partial charge in [-0.3, -0.25) is 9.98 Å². The maximum absolute atomic E-state index is 14.6. The number of aryl methyl sites for hydroxylation is 2. The summed E-state index contributed by atoms with van der Waals surface area (Å²) in [5.74, 6) is 1.44. The van der Waals surface area contributed by atoms with Crippen molar-refractivity contribution in [3.63, 3.8) is 0 Å². The molecular formula is C26H31FN8O. The number of ether oxygens (including phenoxy) is 1. The Morgan fingerprint density at radius 1 is 1.06 bits per heavy atom. The number of aromatic nitrogens is 4. The van der Waals surface area contributed by atoms with Gasteiger partial charge in [0.2, 0.25) is 0 Å². The second-order valence-electron chi connectivity index (χ2n) is 9.65. The monoisotopic (exact) mass is 490 g/mol. The number of nitrogens with two attached hydrogens (primary N) is 1. The molecule has 1 saturated heterocycles. The van der Waals surface area contributed by atoms with E-state index in [2.05, 4.69) is 34.7 Å². The Morgan fingerprint density at radius 3 is 2.47 bits per heavy atom. The fourth-order valence-electron chi connectivity index (χ4n) is 4.39. The van der Waals surface area contributed by atoms with E-state index in [1.54, 1.807) is 19.3 Å². The van der Waals surface area contributed by atoms with Crippen molar-refractivity contribution in [1.29, 1.82) is 0 Å². The van der Waals surface area contributed by atoms with Crippen LogP contribution in [0.4, 0.5) is 21.7 Å². The molecule has 0 radical (unpaired) electrons. The number of anilines is 3. The summed E-state index contributed by atoms with van der Waals surface area (Å²) in [6.45, 7) is 9.07. The largest absolute Gasteiger partial charge is 0.484 e. The van der Waals surface area contributed by atoms with Crippen LogP contribution in [0.1, 0.15) is 42.4 Å². The lowest BCUT2D eigenvalue weighted by atomic mass is 10.0. The van der Waals surface area contributed by atoms with Gasteiger partial charge >= 0.3 is 0 Å². The summed E-state index contributed by atoms with van der Waals surface area (Å²) in [5.41, 5.74) is 9.78. The van der Waals surface area contributed by atoms with Gasteiger partial charge in [0, 0.05) is 62.8 Å². The molecule has 1 aliphatic carbocycles. The molecule has 1 saturated carbocycles. The van der Waals surface area contributed by atoms with Gasteiger partial charge in [0.15, 0.2) is 11.6 Å². The number of rotatable bonds is 6. The molecule has 2 fully saturated rings. The van der Waals surface area contributed by atoms with Crippen LogP contribution in [0.15, 0.2) is 35.7 Å². The number of piperazine rings is 1. The fourth-order valence-corrected chi connectivity index (χ4v) is 4.39. The number of aliphatic imine (C=N–C) groups is 1. The van der Waals surface area contributed by atoms with Crippen LogP contribution in [-0.4, -0.2) is 64.5 Å². The van der Waals surface area contributed by atoms with Gasteiger partial charge in [-0.25, -0.2) is 19.3 Å². The molecular weight excluding hydrogens is 459 g/mol. The van der Waals surface area contributed by atoms with E-state index < -0.39 is 5.82 Å². The maximum atomic E-state index is 14.6. The summed E-state index contributed by atoms with van der Waals surface area (Å²) in [4.78, 5) is 27.0. The Labute approximate surface area is 210 Å². The molecule has 0 amide bonds. The zero-order valence-electron chi connectivity index (χ0n) is 21.1. The van der Waals surface area contributed by atoms with E-state index >= 15 is 0 Å². The number of hydrogen-bond acceptors (Lipinski definition) is 9. The molecule has 1 aliphatic heterocycles. The van der Waals surface area contributed by atoms with E-state index in [9.17, 15) is 4.39 Å². The third-order valence-electron chi connectivity index (χ3n) is 6.74. The van der Waals surface area contributed by atoms with E-state index in [0.717, 1.165) is 62.0 Å². The summed E-state index contributed by atoms with van der Waals surface area (Å²) in [5, 5.41) is 0. The van der Waals surface area contributed by atoms with Gasteiger partial charge in [-0.1, -0.05) is 0 Å². The lowest BCUT2D eigenvalue weighted by Gasteiger charge is -2.36. The van der Waals surface area contributed by atoms with Crippen molar-refractivity contribution in [3.05, 3.63) is 59.2 Å². The summed E-state index contributed by atoms with van der Waals surface area (Å²) in [6.07, 6.45) is 5.12. The van der Waals surface area contributed by atoms with Crippen molar-refractivity contribution >= 4 is 23.0 Å². The molecule has 5 rings (SSSR count). The van der Waals surface area contributed by atoms with Crippen molar-refractivity contribution in [2.45, 2.75) is 39.2 Å². The zero-order chi connectivity index (χ0) is 25.4. The summed E-state index contributed by atoms with van der Waals surface area (Å²) < 4.78 is 20.5. The van der Waals surface area contributed by atoms with Crippen LogP contribution in [0.25, 0.3) is 0 Å². The highest BCUT2D eigenvalue weighted by molar-refractivity contribution is 6.15. The Morgan fingerprint density at radius 2 is 1.78 bits per heavy atom. The second kappa shape index (κ2) is 9.33. The van der Waals surface area contributed by atoms with Crippen LogP contribution in [0.3, 0.4) is 0 Å². The average molecular weight is 491 g/mol. The minimum Gasteiger partial charge on any atom is -0.484 e. The molecule has 0 unspecified atom stereocenters. The van der Waals surface area contributed by atoms with E-state index in [-0.39, 0.29) is 17.0 Å². The van der Waals surface area contributed by atoms with Crippen LogP contribution in [0, 0.1) is 19.7 Å². The molecule has 10 heteroatoms. The number of halogens is 1. The van der Waals surface area contributed by atoms with Crippen molar-refractivity contribution in [1.82, 2.24) is 19.9 Å². The van der Waals surface area contributed by atoms with Gasteiger partial charge in [-0.05, 0) is 39.7 Å². The molecule has 0 bridgehead atoms. The molecule has 1 aromatic carbocycles. The summed E-state index contributed by atoms with van der Waals surface area (Å²) in [7, 11) is 1.67. The van der Waals surface area contributed by atoms with Crippen LogP contribution in [-0.2, 0) is 0 Å². The van der Waals surface area contributed by atoms with Crippen molar-refractivity contribution in [2.24, 2.45) is 4.99 Å². The van der Waals surface area contributed by atoms with Crippen LogP contribution < -0.4 is 20.3 Å². The zero-order valence-corrected chi connectivity index (χ0v) is 21.1. The molecule has 36 heavy (non-hydrogen) atoms. The van der Waals surface area contributed by atoms with Crippen molar-refractivity contribution in [3.8, 4) is 5.75 Å². The number of nitrogen functional groups attached to an aromatic ring is 1. The molecule has 9 nitrogen and oxygen atoms in total. The molecule has 3 aromatic rings. The van der Waals surface area contributed by atoms with Crippen LogP contribution in [0.2, 0.25) is 0 Å². The first-order valence-corrected chi connectivity index (χ1v) is 12.1. The predicted octanol–water partition coefficient (Wildman–Crippen LogP) is 3.33. The van der Waals surface area contributed by atoms with Crippen molar-refractivity contribution < 1.29 is 9.13 Å². The lowest BCUT2D eigenvalue weighted by molar-refractivity contribution is 0.191. The minimum absolute atomic E-state index is 0.181. The Balaban J connectivity index is 1.36. The van der Waals surface area contributed by atoms with Gasteiger partial charge in [0.05, 0.1) is 22.8 Å². The van der Waals surface area contributed by atoms with E-state index in [1.165, 1.54) is 12.4 Å². The first kappa shape index (κ1) is 23.9. The molecule has 0 spiro atoms. The topological polar surface area (TPSA) is 106 Å². The lowest BCUT2D eigenvalue weighted by Crippen LogP contribution is -2.47. The fraction of sp³-hybridized carbons (Fsp3) is 0.423. The van der Waals surface area contributed by atoms with Gasteiger partial charge in [0.25, 0.3) is 0 Å². The van der Waals surface area contributed by atoms with Gasteiger partial charge in [-0.2, -0.15) is 0 Å². The molecule has 188 valence electrons. The number of benzene rings is 1. The third-order valence-corrected chi connectivity index (χ3v) is 6.74. The smallest absolute Gasteiger partial charge is 0.167 e. The SMILES string of the molecule is C/N=C(/c1cc(N2CCN(c3nc(C)cnc3C)CC2)ncn1)c1cc(OC2(C)CC2)c(F)cc1N. The highest BCUT2D eigenvalue weighted by atomic mass is 19.1. The number of hydrogen-bond donors (Lipinski definition) is 1. The Bertz CT molecular complexity index is 1320. The Kier molecular flexibility index (Phi) is 6.19. The first-order chi connectivity index (χ1) is 17.3. The highest BCUT2D eigenvalue weighted by Crippen LogP contribution is 2.41. The van der Waals surface area contributed by atoms with Gasteiger partial charge in [0.1, 0.15) is 23.6 Å². The normalized spacial score (nSPS) is 17.3. The first-order valence-electron chi connectivity index (χ1n) is 12.1. The Hall–Kier alpha value is -3.82. The minimum atomic E-state index is -0.477. The summed E-state index contributed by atoms with van der Waals surface area (Å²) in [6, 6.07) is 4.82. The average Bonchev–Trinajstić information content (AvgIpc) is 3.60. The number of nitrogens with zero attached hydrogens (tertiary/aromatic N) is 7. The van der Waals surface area contributed by atoms with Crippen molar-refractivity contribution in [2.75, 3.05) is 48.8 Å². The van der Waals surface area contributed by atoms with Gasteiger partial charge < -0.3 is 20.3 Å². The molecule has 2 aliphatic rings. The standard InChI is InChI=1S/C26H31FN8O/c1-16-14-30-17(2)25(33-16)35-9-7-34(8-10-35)23-13-21(31-15-32-23)24(29-4)18-11-22(19(27)12-20(18)28)36-26(3)5-6-26/h11-15H,5-10,28H2,1-4H3/b29-24+. The molecule has 0 atom stereocenters. The van der Waals surface area contributed by atoms with Crippen LogP contribution in [0.5, 0.6) is 5.75 Å². The van der Waals surface area contributed by atoms with Gasteiger partial charge in [-0.15, -0.1) is 0 Å². The highest BCUT2D eigenvalue weighted by Gasteiger charge is 2.40. The van der Waals surface area contributed by atoms with E-state index in [0.29, 0.717) is 17.0 Å². The summed E-state index contributed by atoms with van der Waals surface area (Å²) >= 11 is 0. The predicted molar refractivity (Wildman–Crippen MR) is 139 cm³/mol.